The number of benzene rings is 1. The van der Waals surface area contributed by atoms with Crippen molar-refractivity contribution in [3.05, 3.63) is 48.3 Å². The summed E-state index contributed by atoms with van der Waals surface area (Å²) in [5, 5.41) is 2.85. The average Bonchev–Trinajstić information content (AvgIpc) is 3.09. The van der Waals surface area contributed by atoms with Crippen molar-refractivity contribution in [3.63, 3.8) is 0 Å². The number of amides is 1. The topological polar surface area (TPSA) is 58.1 Å². The van der Waals surface area contributed by atoms with Gasteiger partial charge < -0.3 is 10.2 Å². The summed E-state index contributed by atoms with van der Waals surface area (Å²) in [6, 6.07) is 10.0. The Bertz CT molecular complexity index is 606. The van der Waals surface area contributed by atoms with E-state index >= 15 is 0 Å². The molecule has 1 aliphatic heterocycles. The quantitative estimate of drug-likeness (QED) is 0.921. The van der Waals surface area contributed by atoms with Crippen LogP contribution in [0.3, 0.4) is 0 Å². The highest BCUT2D eigenvalue weighted by atomic mass is 16.1. The van der Waals surface area contributed by atoms with Gasteiger partial charge in [-0.15, -0.1) is 0 Å². The number of rotatable bonds is 5. The van der Waals surface area contributed by atoms with Crippen LogP contribution in [-0.4, -0.2) is 29.0 Å². The van der Waals surface area contributed by atoms with Crippen LogP contribution in [0.1, 0.15) is 24.8 Å². The van der Waals surface area contributed by atoms with Crippen LogP contribution < -0.4 is 10.2 Å². The minimum absolute atomic E-state index is 0.0126. The molecule has 0 aliphatic carbocycles. The van der Waals surface area contributed by atoms with Crippen molar-refractivity contribution in [2.45, 2.75) is 25.7 Å². The highest BCUT2D eigenvalue weighted by Crippen LogP contribution is 2.16. The number of hydrogen-bond acceptors (Lipinski definition) is 4. The zero-order valence-electron chi connectivity index (χ0n) is 12.5. The van der Waals surface area contributed by atoms with Crippen LogP contribution in [0.5, 0.6) is 0 Å². The molecule has 1 aromatic carbocycles. The third-order valence-electron chi connectivity index (χ3n) is 3.79. The standard InChI is InChI=1S/C17H20N4O/c22-16(9-8-14-6-2-1-3-7-14)20-15-12-18-17(19-13-15)21-10-4-5-11-21/h1-3,6-7,12-13H,4-5,8-11H2,(H,20,22). The smallest absolute Gasteiger partial charge is 0.225 e. The molecule has 0 unspecified atom stereocenters. The van der Waals surface area contributed by atoms with Gasteiger partial charge >= 0.3 is 0 Å². The molecular weight excluding hydrogens is 276 g/mol. The third kappa shape index (κ3) is 3.81. The predicted molar refractivity (Wildman–Crippen MR) is 86.9 cm³/mol. The van der Waals surface area contributed by atoms with Crippen molar-refractivity contribution in [3.8, 4) is 0 Å². The van der Waals surface area contributed by atoms with Crippen LogP contribution >= 0.6 is 0 Å². The molecule has 0 bridgehead atoms. The number of carbonyl (C=O) groups is 1. The second-order valence-corrected chi connectivity index (χ2v) is 5.50. The molecule has 1 amide bonds. The molecule has 1 N–H and O–H groups in total. The summed E-state index contributed by atoms with van der Waals surface area (Å²) in [6.07, 6.45) is 6.95. The molecule has 5 nitrogen and oxygen atoms in total. The van der Waals surface area contributed by atoms with Gasteiger partial charge in [0.2, 0.25) is 11.9 Å². The van der Waals surface area contributed by atoms with Gasteiger partial charge in [-0.25, -0.2) is 9.97 Å². The molecule has 0 spiro atoms. The van der Waals surface area contributed by atoms with Gasteiger partial charge in [0.15, 0.2) is 0 Å². The molecule has 1 aromatic heterocycles. The Hall–Kier alpha value is -2.43. The largest absolute Gasteiger partial charge is 0.341 e. The molecule has 5 heteroatoms. The van der Waals surface area contributed by atoms with Crippen molar-refractivity contribution >= 4 is 17.5 Å². The summed E-state index contributed by atoms with van der Waals surface area (Å²) in [5.41, 5.74) is 1.82. The van der Waals surface area contributed by atoms with Crippen LogP contribution in [0, 0.1) is 0 Å². The van der Waals surface area contributed by atoms with Crippen LogP contribution in [0.4, 0.5) is 11.6 Å². The van der Waals surface area contributed by atoms with E-state index in [-0.39, 0.29) is 5.91 Å². The van der Waals surface area contributed by atoms with E-state index in [4.69, 9.17) is 0 Å². The van der Waals surface area contributed by atoms with Crippen molar-refractivity contribution in [1.82, 2.24) is 9.97 Å². The molecule has 0 saturated carbocycles. The molecule has 114 valence electrons. The molecule has 0 radical (unpaired) electrons. The molecule has 1 aliphatic rings. The van der Waals surface area contributed by atoms with E-state index in [1.54, 1.807) is 12.4 Å². The lowest BCUT2D eigenvalue weighted by molar-refractivity contribution is -0.116. The summed E-state index contributed by atoms with van der Waals surface area (Å²) in [6.45, 7) is 2.03. The molecule has 2 aromatic rings. The first-order valence-electron chi connectivity index (χ1n) is 7.72. The Morgan fingerprint density at radius 1 is 1.09 bits per heavy atom. The van der Waals surface area contributed by atoms with Crippen molar-refractivity contribution < 1.29 is 4.79 Å². The summed E-state index contributed by atoms with van der Waals surface area (Å²) in [5.74, 6) is 0.737. The molecule has 2 heterocycles. The van der Waals surface area contributed by atoms with Crippen LogP contribution in [0.25, 0.3) is 0 Å². The number of anilines is 2. The monoisotopic (exact) mass is 296 g/mol. The Kier molecular flexibility index (Phi) is 4.63. The molecule has 1 saturated heterocycles. The Labute approximate surface area is 130 Å². The maximum Gasteiger partial charge on any atom is 0.225 e. The number of nitrogens with zero attached hydrogens (tertiary/aromatic N) is 3. The number of hydrogen-bond donors (Lipinski definition) is 1. The van der Waals surface area contributed by atoms with E-state index in [1.807, 2.05) is 30.3 Å². The van der Waals surface area contributed by atoms with Gasteiger partial charge in [-0.1, -0.05) is 30.3 Å². The highest BCUT2D eigenvalue weighted by molar-refractivity contribution is 5.90. The fourth-order valence-electron chi connectivity index (χ4n) is 2.59. The normalized spacial score (nSPS) is 14.1. The first-order valence-corrected chi connectivity index (χ1v) is 7.72. The third-order valence-corrected chi connectivity index (χ3v) is 3.79. The fourth-order valence-corrected chi connectivity index (χ4v) is 2.59. The van der Waals surface area contributed by atoms with Crippen LogP contribution in [-0.2, 0) is 11.2 Å². The van der Waals surface area contributed by atoms with Crippen molar-refractivity contribution in [2.75, 3.05) is 23.3 Å². The van der Waals surface area contributed by atoms with E-state index in [0.717, 1.165) is 25.5 Å². The maximum atomic E-state index is 11.9. The van der Waals surface area contributed by atoms with Crippen molar-refractivity contribution in [2.24, 2.45) is 0 Å². The first kappa shape index (κ1) is 14.5. The molecule has 22 heavy (non-hydrogen) atoms. The maximum absolute atomic E-state index is 11.9. The lowest BCUT2D eigenvalue weighted by Gasteiger charge is -2.14. The minimum atomic E-state index is -0.0126. The Morgan fingerprint density at radius 2 is 1.77 bits per heavy atom. The van der Waals surface area contributed by atoms with Gasteiger partial charge in [0.1, 0.15) is 0 Å². The zero-order chi connectivity index (χ0) is 15.2. The van der Waals surface area contributed by atoms with Crippen molar-refractivity contribution in [1.29, 1.82) is 0 Å². The lowest BCUT2D eigenvalue weighted by atomic mass is 10.1. The number of aromatic nitrogens is 2. The number of aryl methyl sites for hydroxylation is 1. The second-order valence-electron chi connectivity index (χ2n) is 5.50. The minimum Gasteiger partial charge on any atom is -0.341 e. The summed E-state index contributed by atoms with van der Waals surface area (Å²) >= 11 is 0. The second kappa shape index (κ2) is 7.02. The van der Waals surface area contributed by atoms with E-state index in [0.29, 0.717) is 12.1 Å². The van der Waals surface area contributed by atoms with Gasteiger partial charge in [0.05, 0.1) is 18.1 Å². The fraction of sp³-hybridized carbons (Fsp3) is 0.353. The molecular formula is C17H20N4O. The summed E-state index contributed by atoms with van der Waals surface area (Å²) in [7, 11) is 0. The zero-order valence-corrected chi connectivity index (χ0v) is 12.5. The Balaban J connectivity index is 1.50. The number of nitrogens with one attached hydrogen (secondary N) is 1. The SMILES string of the molecule is O=C(CCc1ccccc1)Nc1cnc(N2CCCC2)nc1. The van der Waals surface area contributed by atoms with Crippen LogP contribution in [0.2, 0.25) is 0 Å². The van der Waals surface area contributed by atoms with Gasteiger partial charge in [0.25, 0.3) is 0 Å². The van der Waals surface area contributed by atoms with E-state index in [1.165, 1.54) is 18.4 Å². The summed E-state index contributed by atoms with van der Waals surface area (Å²) in [4.78, 5) is 22.8. The summed E-state index contributed by atoms with van der Waals surface area (Å²) < 4.78 is 0. The Morgan fingerprint density at radius 3 is 2.45 bits per heavy atom. The molecule has 3 rings (SSSR count). The van der Waals surface area contributed by atoms with E-state index in [9.17, 15) is 4.79 Å². The highest BCUT2D eigenvalue weighted by Gasteiger charge is 2.14. The lowest BCUT2D eigenvalue weighted by Crippen LogP contribution is -2.20. The van der Waals surface area contributed by atoms with E-state index < -0.39 is 0 Å². The predicted octanol–water partition coefficient (Wildman–Crippen LogP) is 2.65. The van der Waals surface area contributed by atoms with Gasteiger partial charge in [-0.05, 0) is 24.8 Å². The van der Waals surface area contributed by atoms with Gasteiger partial charge in [-0.2, -0.15) is 0 Å². The average molecular weight is 296 g/mol. The van der Waals surface area contributed by atoms with Gasteiger partial charge in [0, 0.05) is 19.5 Å². The molecule has 0 atom stereocenters. The first-order chi connectivity index (χ1) is 10.8. The van der Waals surface area contributed by atoms with Gasteiger partial charge in [-0.3, -0.25) is 4.79 Å². The van der Waals surface area contributed by atoms with Crippen LogP contribution in [0.15, 0.2) is 42.7 Å². The molecule has 1 fully saturated rings. The number of carbonyl (C=O) groups excluding carboxylic acids is 1. The van der Waals surface area contributed by atoms with E-state index in [2.05, 4.69) is 20.2 Å².